The smallest absolute Gasteiger partial charge is 0.147 e. The summed E-state index contributed by atoms with van der Waals surface area (Å²) in [6, 6.07) is 0.246. The molecule has 0 radical (unpaired) electrons. The summed E-state index contributed by atoms with van der Waals surface area (Å²) < 4.78 is 1.86. The second-order valence-corrected chi connectivity index (χ2v) is 2.74. The van der Waals surface area contributed by atoms with Gasteiger partial charge in [0.2, 0.25) is 0 Å². The molecule has 0 saturated heterocycles. The van der Waals surface area contributed by atoms with Gasteiger partial charge in [-0.1, -0.05) is 0 Å². The van der Waals surface area contributed by atoms with E-state index < -0.39 is 0 Å². The maximum Gasteiger partial charge on any atom is 0.147 e. The van der Waals surface area contributed by atoms with Crippen LogP contribution in [0.4, 0.5) is 0 Å². The molecule has 0 amide bonds. The Balaban J connectivity index is 2.93. The first kappa shape index (κ1) is 8.20. The van der Waals surface area contributed by atoms with E-state index in [1.54, 1.807) is 0 Å². The zero-order valence-corrected chi connectivity index (χ0v) is 7.20. The third-order valence-electron chi connectivity index (χ3n) is 1.67. The summed E-state index contributed by atoms with van der Waals surface area (Å²) in [4.78, 5) is 4.18. The largest absolute Gasteiger partial charge is 0.328 e. The topological polar surface area (TPSA) is 56.7 Å². The number of aryl methyl sites for hydroxylation is 2. The van der Waals surface area contributed by atoms with Crippen molar-refractivity contribution < 1.29 is 0 Å². The molecule has 1 atom stereocenters. The molecule has 0 aliphatic heterocycles. The molecule has 1 rings (SSSR count). The lowest BCUT2D eigenvalue weighted by molar-refractivity contribution is 0.485. The van der Waals surface area contributed by atoms with E-state index in [1.165, 1.54) is 0 Å². The first-order valence-corrected chi connectivity index (χ1v) is 3.75. The van der Waals surface area contributed by atoms with Crippen LogP contribution in [0.15, 0.2) is 0 Å². The van der Waals surface area contributed by atoms with Crippen LogP contribution < -0.4 is 5.73 Å². The van der Waals surface area contributed by atoms with Crippen LogP contribution in [0.1, 0.15) is 24.6 Å². The number of aromatic nitrogens is 3. The highest BCUT2D eigenvalue weighted by atomic mass is 15.4. The van der Waals surface area contributed by atoms with Crippen molar-refractivity contribution in [1.29, 1.82) is 0 Å². The molecule has 1 heterocycles. The van der Waals surface area contributed by atoms with Crippen molar-refractivity contribution in [3.05, 3.63) is 11.6 Å². The maximum atomic E-state index is 5.49. The molecule has 4 heteroatoms. The molecule has 0 saturated carbocycles. The minimum absolute atomic E-state index is 0.246. The van der Waals surface area contributed by atoms with E-state index in [0.29, 0.717) is 6.54 Å². The van der Waals surface area contributed by atoms with Gasteiger partial charge in [-0.2, -0.15) is 5.10 Å². The van der Waals surface area contributed by atoms with Gasteiger partial charge in [0.1, 0.15) is 11.6 Å². The molecule has 4 nitrogen and oxygen atoms in total. The summed E-state index contributed by atoms with van der Waals surface area (Å²) >= 11 is 0. The molecule has 0 unspecified atom stereocenters. The van der Waals surface area contributed by atoms with Crippen molar-refractivity contribution >= 4 is 0 Å². The van der Waals surface area contributed by atoms with E-state index in [1.807, 2.05) is 25.5 Å². The third-order valence-corrected chi connectivity index (χ3v) is 1.67. The fourth-order valence-electron chi connectivity index (χ4n) is 1.05. The van der Waals surface area contributed by atoms with Gasteiger partial charge in [-0.05, 0) is 20.8 Å². The molecule has 62 valence electrons. The van der Waals surface area contributed by atoms with Gasteiger partial charge in [0.25, 0.3) is 0 Å². The van der Waals surface area contributed by atoms with Crippen molar-refractivity contribution in [3.63, 3.8) is 0 Å². The van der Waals surface area contributed by atoms with Gasteiger partial charge in [-0.15, -0.1) is 0 Å². The molecule has 0 spiro atoms. The van der Waals surface area contributed by atoms with E-state index >= 15 is 0 Å². The highest BCUT2D eigenvalue weighted by Crippen LogP contribution is 2.04. The van der Waals surface area contributed by atoms with Gasteiger partial charge < -0.3 is 5.73 Å². The Bertz CT molecular complexity index is 241. The van der Waals surface area contributed by atoms with Crippen molar-refractivity contribution in [1.82, 2.24) is 14.8 Å². The molecule has 1 aromatic rings. The summed E-state index contributed by atoms with van der Waals surface area (Å²) in [5, 5.41) is 4.21. The Morgan fingerprint density at radius 3 is 2.55 bits per heavy atom. The molecule has 2 N–H and O–H groups in total. The number of hydrogen-bond donors (Lipinski definition) is 1. The van der Waals surface area contributed by atoms with Crippen LogP contribution >= 0.6 is 0 Å². The summed E-state index contributed by atoms with van der Waals surface area (Å²) in [6.45, 7) is 6.45. The van der Waals surface area contributed by atoms with E-state index in [0.717, 1.165) is 11.6 Å². The van der Waals surface area contributed by atoms with Gasteiger partial charge in [-0.3, -0.25) is 0 Å². The van der Waals surface area contributed by atoms with Crippen LogP contribution in [0, 0.1) is 13.8 Å². The van der Waals surface area contributed by atoms with Crippen LogP contribution in [0.3, 0.4) is 0 Å². The van der Waals surface area contributed by atoms with E-state index in [9.17, 15) is 0 Å². The molecule has 11 heavy (non-hydrogen) atoms. The summed E-state index contributed by atoms with van der Waals surface area (Å²) in [6.07, 6.45) is 0. The highest BCUT2D eigenvalue weighted by Gasteiger charge is 2.07. The van der Waals surface area contributed by atoms with Gasteiger partial charge in [0, 0.05) is 6.54 Å². The monoisotopic (exact) mass is 154 g/mol. The predicted molar refractivity (Wildman–Crippen MR) is 43.3 cm³/mol. The predicted octanol–water partition coefficient (Wildman–Crippen LogP) is 0.415. The fraction of sp³-hybridized carbons (Fsp3) is 0.714. The second-order valence-electron chi connectivity index (χ2n) is 2.74. The Morgan fingerprint density at radius 2 is 2.18 bits per heavy atom. The van der Waals surface area contributed by atoms with Crippen molar-refractivity contribution in [2.45, 2.75) is 26.8 Å². The molecular formula is C7H14N4. The van der Waals surface area contributed by atoms with Gasteiger partial charge >= 0.3 is 0 Å². The van der Waals surface area contributed by atoms with Crippen LogP contribution in [0.5, 0.6) is 0 Å². The minimum atomic E-state index is 0.246. The van der Waals surface area contributed by atoms with Crippen LogP contribution in [0.25, 0.3) is 0 Å². The number of nitrogens with two attached hydrogens (primary N) is 1. The normalized spacial score (nSPS) is 13.5. The summed E-state index contributed by atoms with van der Waals surface area (Å²) in [5.74, 6) is 1.74. The average molecular weight is 154 g/mol. The zero-order valence-electron chi connectivity index (χ0n) is 7.20. The Hall–Kier alpha value is -0.900. The lowest BCUT2D eigenvalue weighted by Crippen LogP contribution is -2.18. The Kier molecular flexibility index (Phi) is 2.24. The summed E-state index contributed by atoms with van der Waals surface area (Å²) in [5.41, 5.74) is 5.49. The fourth-order valence-corrected chi connectivity index (χ4v) is 1.05. The number of hydrogen-bond acceptors (Lipinski definition) is 3. The second kappa shape index (κ2) is 3.00. The molecule has 0 aliphatic rings. The first-order valence-electron chi connectivity index (χ1n) is 3.75. The molecule has 0 aromatic carbocycles. The lowest BCUT2D eigenvalue weighted by Gasteiger charge is -2.09. The molecule has 0 bridgehead atoms. The van der Waals surface area contributed by atoms with Crippen molar-refractivity contribution in [3.8, 4) is 0 Å². The number of nitrogens with zero attached hydrogens (tertiary/aromatic N) is 3. The van der Waals surface area contributed by atoms with Crippen LogP contribution in [0.2, 0.25) is 0 Å². The zero-order chi connectivity index (χ0) is 8.43. The Labute approximate surface area is 66.4 Å². The van der Waals surface area contributed by atoms with E-state index in [4.69, 9.17) is 5.73 Å². The SMILES string of the molecule is Cc1nc(C)n([C@H](C)CN)n1. The summed E-state index contributed by atoms with van der Waals surface area (Å²) in [7, 11) is 0. The highest BCUT2D eigenvalue weighted by molar-refractivity contribution is 4.89. The average Bonchev–Trinajstić information content (AvgIpc) is 2.28. The molecule has 0 fully saturated rings. The first-order chi connectivity index (χ1) is 5.15. The maximum absolute atomic E-state index is 5.49. The van der Waals surface area contributed by atoms with Gasteiger partial charge in [0.05, 0.1) is 6.04 Å². The molecular weight excluding hydrogens is 140 g/mol. The van der Waals surface area contributed by atoms with Crippen molar-refractivity contribution in [2.24, 2.45) is 5.73 Å². The molecule has 0 aliphatic carbocycles. The third kappa shape index (κ3) is 1.57. The van der Waals surface area contributed by atoms with Crippen LogP contribution in [-0.2, 0) is 0 Å². The lowest BCUT2D eigenvalue weighted by atomic mass is 10.3. The van der Waals surface area contributed by atoms with Crippen LogP contribution in [-0.4, -0.2) is 21.3 Å². The van der Waals surface area contributed by atoms with Crippen molar-refractivity contribution in [2.75, 3.05) is 6.54 Å². The quantitative estimate of drug-likeness (QED) is 0.671. The minimum Gasteiger partial charge on any atom is -0.328 e. The molecule has 1 aromatic heterocycles. The standard InChI is InChI=1S/C7H14N4/c1-5(4-8)11-7(3)9-6(2)10-11/h5H,4,8H2,1-3H3/t5-/m1/s1. The Morgan fingerprint density at radius 1 is 1.55 bits per heavy atom. The van der Waals surface area contributed by atoms with E-state index in [-0.39, 0.29) is 6.04 Å². The van der Waals surface area contributed by atoms with Gasteiger partial charge in [0.15, 0.2) is 0 Å². The van der Waals surface area contributed by atoms with Gasteiger partial charge in [-0.25, -0.2) is 9.67 Å². The van der Waals surface area contributed by atoms with E-state index in [2.05, 4.69) is 10.1 Å². The number of rotatable bonds is 2.